The first kappa shape index (κ1) is 10.3. The standard InChI is InChI=1S/C10H10N4O2/c1-14-5-7(13-6-14)9(15)8-10(16-2)12-4-3-11-8/h3-6H,1-2H3. The third-order valence-electron chi connectivity index (χ3n) is 2.01. The lowest BCUT2D eigenvalue weighted by molar-refractivity contribution is 0.102. The van der Waals surface area contributed by atoms with Crippen molar-refractivity contribution in [1.82, 2.24) is 19.5 Å². The molecule has 0 spiro atoms. The van der Waals surface area contributed by atoms with Crippen molar-refractivity contribution in [3.05, 3.63) is 36.3 Å². The minimum atomic E-state index is -0.300. The monoisotopic (exact) mass is 218 g/mol. The van der Waals surface area contributed by atoms with Crippen LogP contribution in [0, 0.1) is 0 Å². The van der Waals surface area contributed by atoms with Gasteiger partial charge in [-0.25, -0.2) is 15.0 Å². The molecule has 6 nitrogen and oxygen atoms in total. The Labute approximate surface area is 91.9 Å². The number of hydrogen-bond donors (Lipinski definition) is 0. The van der Waals surface area contributed by atoms with Crippen LogP contribution in [0.1, 0.15) is 16.2 Å². The average molecular weight is 218 g/mol. The summed E-state index contributed by atoms with van der Waals surface area (Å²) in [5.41, 5.74) is 0.491. The Morgan fingerprint density at radius 2 is 2.06 bits per heavy atom. The van der Waals surface area contributed by atoms with Gasteiger partial charge < -0.3 is 9.30 Å². The molecule has 0 bridgehead atoms. The van der Waals surface area contributed by atoms with Gasteiger partial charge in [-0.15, -0.1) is 0 Å². The molecule has 16 heavy (non-hydrogen) atoms. The van der Waals surface area contributed by atoms with E-state index in [4.69, 9.17) is 4.74 Å². The molecule has 2 aromatic heterocycles. The summed E-state index contributed by atoms with van der Waals surface area (Å²) in [6.07, 6.45) is 6.08. The van der Waals surface area contributed by atoms with Gasteiger partial charge in [0.05, 0.1) is 13.4 Å². The fraction of sp³-hybridized carbons (Fsp3) is 0.200. The van der Waals surface area contributed by atoms with Crippen LogP contribution in [0.3, 0.4) is 0 Å². The summed E-state index contributed by atoms with van der Waals surface area (Å²) in [6, 6.07) is 0. The Bertz CT molecular complexity index is 521. The molecule has 0 radical (unpaired) electrons. The van der Waals surface area contributed by atoms with E-state index in [0.717, 1.165) is 0 Å². The van der Waals surface area contributed by atoms with E-state index in [2.05, 4.69) is 15.0 Å². The smallest absolute Gasteiger partial charge is 0.243 e. The highest BCUT2D eigenvalue weighted by atomic mass is 16.5. The van der Waals surface area contributed by atoms with Gasteiger partial charge in [0, 0.05) is 25.6 Å². The molecule has 0 N–H and O–H groups in total. The van der Waals surface area contributed by atoms with E-state index in [0.29, 0.717) is 5.69 Å². The van der Waals surface area contributed by atoms with Crippen molar-refractivity contribution in [2.24, 2.45) is 7.05 Å². The van der Waals surface area contributed by atoms with E-state index in [1.54, 1.807) is 24.1 Å². The van der Waals surface area contributed by atoms with Crippen LogP contribution in [0.15, 0.2) is 24.9 Å². The molecule has 6 heteroatoms. The minimum Gasteiger partial charge on any atom is -0.479 e. The van der Waals surface area contributed by atoms with Crippen LogP contribution in [0.4, 0.5) is 0 Å². The summed E-state index contributed by atoms with van der Waals surface area (Å²) in [5, 5.41) is 0. The van der Waals surface area contributed by atoms with E-state index in [1.807, 2.05) is 0 Å². The van der Waals surface area contributed by atoms with Crippen molar-refractivity contribution >= 4 is 5.78 Å². The number of carbonyl (C=O) groups is 1. The second-order valence-electron chi connectivity index (χ2n) is 3.17. The number of ether oxygens (including phenoxy) is 1. The Hall–Kier alpha value is -2.24. The Balaban J connectivity index is 2.41. The normalized spacial score (nSPS) is 10.1. The molecule has 0 aliphatic heterocycles. The molecule has 0 fully saturated rings. The van der Waals surface area contributed by atoms with Crippen molar-refractivity contribution in [2.45, 2.75) is 0 Å². The fourth-order valence-corrected chi connectivity index (χ4v) is 1.28. The van der Waals surface area contributed by atoms with Crippen molar-refractivity contribution in [3.8, 4) is 5.88 Å². The molecule has 82 valence electrons. The maximum Gasteiger partial charge on any atom is 0.243 e. The molecule has 0 saturated heterocycles. The second-order valence-corrected chi connectivity index (χ2v) is 3.17. The lowest BCUT2D eigenvalue weighted by Gasteiger charge is -2.02. The van der Waals surface area contributed by atoms with Gasteiger partial charge >= 0.3 is 0 Å². The molecule has 0 aromatic carbocycles. The summed E-state index contributed by atoms with van der Waals surface area (Å²) in [4.78, 5) is 23.8. The number of aryl methyl sites for hydroxylation is 1. The van der Waals surface area contributed by atoms with Crippen LogP contribution in [0.25, 0.3) is 0 Å². The van der Waals surface area contributed by atoms with E-state index >= 15 is 0 Å². The van der Waals surface area contributed by atoms with Crippen molar-refractivity contribution in [3.63, 3.8) is 0 Å². The molecule has 0 unspecified atom stereocenters. The molecule has 0 aliphatic rings. The number of aromatic nitrogens is 4. The Kier molecular flexibility index (Phi) is 2.63. The lowest BCUT2D eigenvalue weighted by atomic mass is 10.2. The van der Waals surface area contributed by atoms with Crippen LogP contribution in [-0.2, 0) is 7.05 Å². The van der Waals surface area contributed by atoms with Crippen LogP contribution in [0.2, 0.25) is 0 Å². The Morgan fingerprint density at radius 3 is 2.69 bits per heavy atom. The molecule has 2 aromatic rings. The molecule has 0 amide bonds. The van der Waals surface area contributed by atoms with Gasteiger partial charge in [-0.2, -0.15) is 0 Å². The van der Waals surface area contributed by atoms with Crippen LogP contribution in [-0.4, -0.2) is 32.4 Å². The third kappa shape index (κ3) is 1.77. The highest BCUT2D eigenvalue weighted by Gasteiger charge is 2.18. The van der Waals surface area contributed by atoms with E-state index in [9.17, 15) is 4.79 Å². The summed E-state index contributed by atoms with van der Waals surface area (Å²) in [6.45, 7) is 0. The first-order valence-electron chi connectivity index (χ1n) is 4.60. The summed E-state index contributed by atoms with van der Waals surface area (Å²) in [5.74, 6) is -0.0938. The highest BCUT2D eigenvalue weighted by molar-refractivity contribution is 6.07. The maximum absolute atomic E-state index is 12.0. The van der Waals surface area contributed by atoms with E-state index in [1.165, 1.54) is 19.5 Å². The van der Waals surface area contributed by atoms with Crippen molar-refractivity contribution < 1.29 is 9.53 Å². The van der Waals surface area contributed by atoms with E-state index in [-0.39, 0.29) is 17.4 Å². The van der Waals surface area contributed by atoms with Crippen molar-refractivity contribution in [2.75, 3.05) is 7.11 Å². The molecular formula is C10H10N4O2. The molecule has 0 saturated carbocycles. The Morgan fingerprint density at radius 1 is 1.31 bits per heavy atom. The number of methoxy groups -OCH3 is 1. The third-order valence-corrected chi connectivity index (χ3v) is 2.01. The zero-order valence-electron chi connectivity index (χ0n) is 8.91. The predicted octanol–water partition coefficient (Wildman–Crippen LogP) is 0.450. The maximum atomic E-state index is 12.0. The molecule has 2 heterocycles. The molecule has 0 aliphatic carbocycles. The summed E-state index contributed by atoms with van der Waals surface area (Å²) < 4.78 is 6.66. The first-order chi connectivity index (χ1) is 7.72. The number of ketones is 1. The zero-order valence-corrected chi connectivity index (χ0v) is 8.91. The second kappa shape index (κ2) is 4.09. The van der Waals surface area contributed by atoms with Crippen LogP contribution < -0.4 is 4.74 Å². The molecule has 0 atom stereocenters. The SMILES string of the molecule is COc1nccnc1C(=O)c1cn(C)cn1. The number of carbonyl (C=O) groups excluding carboxylic acids is 1. The fourth-order valence-electron chi connectivity index (χ4n) is 1.28. The lowest BCUT2D eigenvalue weighted by Crippen LogP contribution is -2.08. The average Bonchev–Trinajstić information content (AvgIpc) is 2.75. The summed E-state index contributed by atoms with van der Waals surface area (Å²) >= 11 is 0. The largest absolute Gasteiger partial charge is 0.479 e. The van der Waals surface area contributed by atoms with Gasteiger partial charge in [0.2, 0.25) is 11.7 Å². The highest BCUT2D eigenvalue weighted by Crippen LogP contribution is 2.14. The van der Waals surface area contributed by atoms with Gasteiger partial charge in [0.25, 0.3) is 0 Å². The first-order valence-corrected chi connectivity index (χ1v) is 4.60. The van der Waals surface area contributed by atoms with Gasteiger partial charge in [0.1, 0.15) is 5.69 Å². The number of hydrogen-bond acceptors (Lipinski definition) is 5. The van der Waals surface area contributed by atoms with Gasteiger partial charge in [-0.1, -0.05) is 0 Å². The number of imidazole rings is 1. The molecular weight excluding hydrogens is 208 g/mol. The quantitative estimate of drug-likeness (QED) is 0.699. The van der Waals surface area contributed by atoms with Crippen molar-refractivity contribution in [1.29, 1.82) is 0 Å². The zero-order chi connectivity index (χ0) is 11.5. The van der Waals surface area contributed by atoms with Gasteiger partial charge in [0.15, 0.2) is 5.69 Å². The predicted molar refractivity (Wildman–Crippen MR) is 55.2 cm³/mol. The van der Waals surface area contributed by atoms with Gasteiger partial charge in [-0.05, 0) is 0 Å². The number of nitrogens with zero attached hydrogens (tertiary/aromatic N) is 4. The minimum absolute atomic E-state index is 0.170. The van der Waals surface area contributed by atoms with Crippen LogP contribution >= 0.6 is 0 Å². The summed E-state index contributed by atoms with van der Waals surface area (Å²) in [7, 11) is 3.23. The van der Waals surface area contributed by atoms with E-state index < -0.39 is 0 Å². The van der Waals surface area contributed by atoms with Crippen LogP contribution in [0.5, 0.6) is 5.88 Å². The van der Waals surface area contributed by atoms with Gasteiger partial charge in [-0.3, -0.25) is 4.79 Å². The topological polar surface area (TPSA) is 69.9 Å². The number of rotatable bonds is 3. The molecule has 2 rings (SSSR count).